The normalized spacial score (nSPS) is 25.3. The Bertz CT molecular complexity index is 1360. The Balaban J connectivity index is 1.43. The van der Waals surface area contributed by atoms with Crippen LogP contribution in [0.15, 0.2) is 71.9 Å². The molecule has 1 spiro atoms. The zero-order valence-corrected chi connectivity index (χ0v) is 25.1. The number of nitrogens with zero attached hydrogens (tertiary/aromatic N) is 4. The smallest absolute Gasteiger partial charge is 0.264 e. The average Bonchev–Trinajstić information content (AvgIpc) is 3.55. The predicted octanol–water partition coefficient (Wildman–Crippen LogP) is 4.59. The van der Waals surface area contributed by atoms with Crippen LogP contribution >= 0.6 is 15.9 Å². The van der Waals surface area contributed by atoms with Gasteiger partial charge in [0.2, 0.25) is 0 Å². The van der Waals surface area contributed by atoms with E-state index in [4.69, 9.17) is 4.74 Å². The first-order chi connectivity index (χ1) is 18.6. The van der Waals surface area contributed by atoms with Crippen LogP contribution < -0.4 is 4.90 Å². The summed E-state index contributed by atoms with van der Waals surface area (Å²) in [6.07, 6.45) is 3.79. The van der Waals surface area contributed by atoms with Crippen LogP contribution in [0.1, 0.15) is 36.1 Å². The molecule has 5 rings (SSSR count). The molecule has 0 bridgehead atoms. The van der Waals surface area contributed by atoms with Crippen LogP contribution in [-0.2, 0) is 21.7 Å². The van der Waals surface area contributed by atoms with Crippen LogP contribution in [0.2, 0.25) is 18.6 Å². The number of hydrogen-bond donors (Lipinski definition) is 2. The van der Waals surface area contributed by atoms with Gasteiger partial charge in [0.1, 0.15) is 0 Å². The van der Waals surface area contributed by atoms with Crippen LogP contribution in [-0.4, -0.2) is 58.4 Å². The molecule has 10 heteroatoms. The van der Waals surface area contributed by atoms with E-state index in [1.807, 2.05) is 74.7 Å². The molecule has 1 amide bonds. The lowest BCUT2D eigenvalue weighted by Gasteiger charge is -2.32. The summed E-state index contributed by atoms with van der Waals surface area (Å²) in [4.78, 5) is 27.2. The van der Waals surface area contributed by atoms with Gasteiger partial charge in [-0.15, -0.1) is 11.7 Å². The molecule has 39 heavy (non-hydrogen) atoms. The number of rotatable bonds is 9. The highest BCUT2D eigenvalue weighted by Crippen LogP contribution is 2.59. The summed E-state index contributed by atoms with van der Waals surface area (Å²) in [5.74, 6) is -0.595. The highest BCUT2D eigenvalue weighted by Gasteiger charge is 2.66. The second-order valence-corrected chi connectivity index (χ2v) is 16.0. The number of amides is 1. The number of aliphatic hydroxyl groups excluding tert-OH is 1. The third-order valence-electron chi connectivity index (χ3n) is 8.20. The second-order valence-electron chi connectivity index (χ2n) is 11.1. The van der Waals surface area contributed by atoms with E-state index >= 15 is 0 Å². The number of anilines is 1. The van der Waals surface area contributed by atoms with Crippen molar-refractivity contribution in [2.75, 3.05) is 18.1 Å². The van der Waals surface area contributed by atoms with Crippen LogP contribution in [0.4, 0.5) is 5.69 Å². The van der Waals surface area contributed by atoms with Gasteiger partial charge < -0.3 is 19.5 Å². The number of ether oxygens (including phenoxy) is 1. The Kier molecular flexibility index (Phi) is 7.69. The van der Waals surface area contributed by atoms with Gasteiger partial charge in [0, 0.05) is 40.8 Å². The maximum absolute atomic E-state index is 14.1. The first-order valence-corrected chi connectivity index (χ1v) is 17.1. The first kappa shape index (κ1) is 27.9. The van der Waals surface area contributed by atoms with Gasteiger partial charge in [0.05, 0.1) is 30.0 Å². The monoisotopic (exact) mass is 610 g/mol. The van der Waals surface area contributed by atoms with Gasteiger partial charge in [-0.3, -0.25) is 9.48 Å². The first-order valence-electron chi connectivity index (χ1n) is 13.3. The molecular weight excluding hydrogens is 576 g/mol. The molecule has 0 radical (unpaired) electrons. The molecular formula is C29H35BrN4O4Si. The minimum absolute atomic E-state index is 0.0703. The van der Waals surface area contributed by atoms with E-state index in [2.05, 4.69) is 32.8 Å². The van der Waals surface area contributed by atoms with Crippen LogP contribution in [0.25, 0.3) is 0 Å². The van der Waals surface area contributed by atoms with Gasteiger partial charge in [-0.1, -0.05) is 64.5 Å². The number of halogens is 1. The molecule has 206 valence electrons. The van der Waals surface area contributed by atoms with Crippen molar-refractivity contribution >= 4 is 35.8 Å². The molecule has 2 aliphatic heterocycles. The van der Waals surface area contributed by atoms with E-state index in [-0.39, 0.29) is 36.0 Å². The van der Waals surface area contributed by atoms with Gasteiger partial charge in [-0.25, -0.2) is 0 Å². The minimum atomic E-state index is -2.76. The molecule has 1 aromatic heterocycles. The van der Waals surface area contributed by atoms with Gasteiger partial charge in [0.25, 0.3) is 5.91 Å². The van der Waals surface area contributed by atoms with Crippen molar-refractivity contribution < 1.29 is 19.4 Å². The van der Waals surface area contributed by atoms with Crippen molar-refractivity contribution in [3.63, 3.8) is 0 Å². The maximum Gasteiger partial charge on any atom is 0.264 e. The maximum atomic E-state index is 14.1. The standard InChI is InChI=1S/C29H35BrN4O4Si/c1-5-14-34-25-12-11-21(30)16-23(25)29(28(34)36)19(2)27(39(3,4)37)26(38-29)13-15-33-17-24(31-32-33)22(18-35)20-9-7-6-8-10-20/h5-12,16-17,19,22,26-27,35,37H,1,13-15,18H2,2-4H3/t19-,22?,26+,27-,29+/m0/s1. The molecule has 1 unspecified atom stereocenters. The van der Waals surface area contributed by atoms with E-state index in [1.54, 1.807) is 15.7 Å². The van der Waals surface area contributed by atoms with Crippen molar-refractivity contribution in [3.8, 4) is 0 Å². The second kappa shape index (κ2) is 10.7. The molecule has 8 nitrogen and oxygen atoms in total. The van der Waals surface area contributed by atoms with E-state index in [0.717, 1.165) is 21.3 Å². The highest BCUT2D eigenvalue weighted by molar-refractivity contribution is 9.10. The predicted molar refractivity (Wildman–Crippen MR) is 156 cm³/mol. The SMILES string of the molecule is C=CCN1C(=O)[C@]2(O[C@H](CCn3cc(C(CO)c4ccccc4)nn3)[C@@H]([Si](C)(C)O)[C@@H]2C)c2cc(Br)ccc21. The molecule has 1 fully saturated rings. The summed E-state index contributed by atoms with van der Waals surface area (Å²) >= 11 is 3.58. The number of fused-ring (bicyclic) bond motifs is 2. The Hall–Kier alpha value is -2.63. The molecule has 1 saturated heterocycles. The zero-order valence-electron chi connectivity index (χ0n) is 22.5. The van der Waals surface area contributed by atoms with Gasteiger partial charge in [-0.05, 0) is 43.3 Å². The molecule has 0 aliphatic carbocycles. The lowest BCUT2D eigenvalue weighted by molar-refractivity contribution is -0.145. The molecule has 3 aromatic rings. The topological polar surface area (TPSA) is 101 Å². The van der Waals surface area contributed by atoms with E-state index in [0.29, 0.717) is 25.2 Å². The molecule has 2 aromatic carbocycles. The summed E-state index contributed by atoms with van der Waals surface area (Å²) in [7, 11) is -2.76. The molecule has 0 saturated carbocycles. The van der Waals surface area contributed by atoms with Crippen molar-refractivity contribution in [3.05, 3.63) is 88.7 Å². The summed E-state index contributed by atoms with van der Waals surface area (Å²) < 4.78 is 9.46. The number of benzene rings is 2. The zero-order chi connectivity index (χ0) is 27.9. The molecule has 2 aliphatic rings. The number of hydrogen-bond acceptors (Lipinski definition) is 6. The lowest BCUT2D eigenvalue weighted by atomic mass is 9.82. The van der Waals surface area contributed by atoms with Crippen LogP contribution in [0.5, 0.6) is 0 Å². The number of aliphatic hydroxyl groups is 1. The van der Waals surface area contributed by atoms with Gasteiger partial charge in [0.15, 0.2) is 13.9 Å². The number of aromatic nitrogens is 3. The summed E-state index contributed by atoms with van der Waals surface area (Å²) in [5.41, 5.74) is 1.98. The molecule has 5 atom stereocenters. The van der Waals surface area contributed by atoms with Crippen molar-refractivity contribution in [2.24, 2.45) is 5.92 Å². The molecule has 3 heterocycles. The summed E-state index contributed by atoms with van der Waals surface area (Å²) in [5, 5.41) is 18.7. The fourth-order valence-electron chi connectivity index (χ4n) is 6.53. The third-order valence-corrected chi connectivity index (χ3v) is 11.2. The Labute approximate surface area is 238 Å². The van der Waals surface area contributed by atoms with Crippen molar-refractivity contribution in [2.45, 2.75) is 56.1 Å². The van der Waals surface area contributed by atoms with Crippen molar-refractivity contribution in [1.82, 2.24) is 15.0 Å². The van der Waals surface area contributed by atoms with Gasteiger partial charge >= 0.3 is 0 Å². The molecule has 2 N–H and O–H groups in total. The van der Waals surface area contributed by atoms with E-state index in [1.165, 1.54) is 0 Å². The quantitative estimate of drug-likeness (QED) is 0.271. The highest BCUT2D eigenvalue weighted by atomic mass is 79.9. The largest absolute Gasteiger partial charge is 0.432 e. The summed E-state index contributed by atoms with van der Waals surface area (Å²) in [6, 6.07) is 15.6. The van der Waals surface area contributed by atoms with Crippen LogP contribution in [0.3, 0.4) is 0 Å². The fourth-order valence-corrected chi connectivity index (χ4v) is 9.49. The Morgan fingerprint density at radius 2 is 2.00 bits per heavy atom. The van der Waals surface area contributed by atoms with E-state index in [9.17, 15) is 14.7 Å². The fraction of sp³-hybridized carbons (Fsp3) is 0.414. The number of carbonyl (C=O) groups is 1. The van der Waals surface area contributed by atoms with Crippen molar-refractivity contribution in [1.29, 1.82) is 0 Å². The third kappa shape index (κ3) is 4.82. The average molecular weight is 612 g/mol. The van der Waals surface area contributed by atoms with Crippen LogP contribution in [0, 0.1) is 5.92 Å². The Morgan fingerprint density at radius 1 is 1.26 bits per heavy atom. The minimum Gasteiger partial charge on any atom is -0.432 e. The number of carbonyl (C=O) groups excluding carboxylic acids is 1. The number of aryl methyl sites for hydroxylation is 1. The Morgan fingerprint density at radius 3 is 2.67 bits per heavy atom. The lowest BCUT2D eigenvalue weighted by Crippen LogP contribution is -2.46. The summed E-state index contributed by atoms with van der Waals surface area (Å²) in [6.45, 7) is 10.5. The van der Waals surface area contributed by atoms with E-state index < -0.39 is 13.9 Å². The van der Waals surface area contributed by atoms with Gasteiger partial charge in [-0.2, -0.15) is 0 Å².